The van der Waals surface area contributed by atoms with Crippen LogP contribution in [-0.2, 0) is 38.7 Å². The monoisotopic (exact) mass is 591 g/mol. The van der Waals surface area contributed by atoms with Gasteiger partial charge in [-0.25, -0.2) is 4.79 Å². The largest absolute Gasteiger partial charge is 0.479 e. The number of rotatable bonds is 17. The second kappa shape index (κ2) is 17.1. The normalized spacial score (nSPS) is 14.7. The smallest absolute Gasteiger partial charge is 0.334 e. The van der Waals surface area contributed by atoms with Crippen molar-refractivity contribution in [1.29, 1.82) is 0 Å². The summed E-state index contributed by atoms with van der Waals surface area (Å²) in [7, 11) is 0. The van der Waals surface area contributed by atoms with E-state index in [1.807, 2.05) is 74.5 Å². The van der Waals surface area contributed by atoms with Crippen molar-refractivity contribution in [3.63, 3.8) is 0 Å². The lowest BCUT2D eigenvalue weighted by molar-refractivity contribution is -0.149. The number of aliphatic hydroxyl groups excluding tert-OH is 2. The van der Waals surface area contributed by atoms with E-state index in [1.165, 1.54) is 0 Å². The molecule has 10 nitrogen and oxygen atoms in total. The van der Waals surface area contributed by atoms with Crippen LogP contribution in [0, 0.1) is 5.92 Å². The molecule has 230 valence electrons. The van der Waals surface area contributed by atoms with E-state index in [2.05, 4.69) is 16.1 Å². The van der Waals surface area contributed by atoms with Gasteiger partial charge >= 0.3 is 5.97 Å². The molecule has 3 aromatic rings. The van der Waals surface area contributed by atoms with Crippen molar-refractivity contribution in [2.24, 2.45) is 5.92 Å². The molecule has 0 aliphatic heterocycles. The minimum absolute atomic E-state index is 0.0300. The van der Waals surface area contributed by atoms with Gasteiger partial charge in [0, 0.05) is 0 Å². The van der Waals surface area contributed by atoms with Crippen molar-refractivity contribution >= 4 is 17.8 Å². The maximum atomic E-state index is 13.4. The molecule has 3 rings (SSSR count). The first-order valence-corrected chi connectivity index (χ1v) is 14.3. The molecule has 0 heterocycles. The number of hydroxylamine groups is 1. The molecule has 0 saturated carbocycles. The first-order valence-electron chi connectivity index (χ1n) is 14.3. The van der Waals surface area contributed by atoms with Crippen molar-refractivity contribution < 1.29 is 34.5 Å². The van der Waals surface area contributed by atoms with Crippen molar-refractivity contribution in [2.75, 3.05) is 0 Å². The number of carbonyl (C=O) groups excluding carboxylic acids is 2. The van der Waals surface area contributed by atoms with Crippen LogP contribution in [0.4, 0.5) is 0 Å². The molecule has 2 amide bonds. The standard InChI is InChI=1S/C33H41N3O7/c1-22(2)18-28(31(39)34-26(30(38)33(41)42)19-23-12-6-3-7-13-23)35-32(40)29(37)27(20-24-14-8-4-9-15-24)36-43-21-25-16-10-5-11-17-25/h3-17,22,26-30,36-38H,18-21H2,1-2H3,(H,34,39)(H,35,40)(H,41,42)/t26-,27-,28+,29+,30+/m1/s1. The van der Waals surface area contributed by atoms with Crippen LogP contribution in [0.15, 0.2) is 91.0 Å². The van der Waals surface area contributed by atoms with Crippen molar-refractivity contribution in [3.8, 4) is 0 Å². The minimum atomic E-state index is -1.87. The Bertz CT molecular complexity index is 1280. The molecule has 0 radical (unpaired) electrons. The summed E-state index contributed by atoms with van der Waals surface area (Å²) in [5.74, 6) is -2.97. The molecule has 6 N–H and O–H groups in total. The molecule has 0 aliphatic rings. The number of aliphatic carboxylic acids is 1. The van der Waals surface area contributed by atoms with Gasteiger partial charge in [0.2, 0.25) is 5.91 Å². The summed E-state index contributed by atoms with van der Waals surface area (Å²) in [6.07, 6.45) is -2.93. The van der Waals surface area contributed by atoms with Gasteiger partial charge in [0.25, 0.3) is 5.91 Å². The number of carbonyl (C=O) groups is 3. The lowest BCUT2D eigenvalue weighted by Gasteiger charge is -2.28. The molecule has 0 spiro atoms. The van der Waals surface area contributed by atoms with Crippen LogP contribution in [0.25, 0.3) is 0 Å². The van der Waals surface area contributed by atoms with E-state index in [4.69, 9.17) is 4.84 Å². The zero-order chi connectivity index (χ0) is 31.2. The van der Waals surface area contributed by atoms with Crippen LogP contribution < -0.4 is 16.1 Å². The van der Waals surface area contributed by atoms with E-state index in [0.717, 1.165) is 16.7 Å². The predicted molar refractivity (Wildman–Crippen MR) is 161 cm³/mol. The molecule has 0 bridgehead atoms. The van der Waals surface area contributed by atoms with Gasteiger partial charge in [0.05, 0.1) is 18.7 Å². The van der Waals surface area contributed by atoms with Crippen LogP contribution in [0.1, 0.15) is 37.0 Å². The van der Waals surface area contributed by atoms with Crippen LogP contribution in [-0.4, -0.2) is 63.4 Å². The number of amides is 2. The maximum absolute atomic E-state index is 13.4. The lowest BCUT2D eigenvalue weighted by Crippen LogP contribution is -2.58. The fourth-order valence-electron chi connectivity index (χ4n) is 4.60. The van der Waals surface area contributed by atoms with Gasteiger partial charge in [0.1, 0.15) is 6.04 Å². The average Bonchev–Trinajstić information content (AvgIpc) is 3.00. The fraction of sp³-hybridized carbons (Fsp3) is 0.364. The summed E-state index contributed by atoms with van der Waals surface area (Å²) >= 11 is 0. The highest BCUT2D eigenvalue weighted by Gasteiger charge is 2.33. The van der Waals surface area contributed by atoms with E-state index < -0.39 is 48.1 Å². The first-order chi connectivity index (χ1) is 20.6. The number of aliphatic hydroxyl groups is 2. The Morgan fingerprint density at radius 1 is 0.674 bits per heavy atom. The Morgan fingerprint density at radius 2 is 1.16 bits per heavy atom. The quantitative estimate of drug-likeness (QED) is 0.131. The summed E-state index contributed by atoms with van der Waals surface area (Å²) in [6.45, 7) is 3.94. The number of nitrogens with one attached hydrogen (secondary N) is 3. The van der Waals surface area contributed by atoms with Gasteiger partial charge in [-0.2, -0.15) is 5.48 Å². The Kier molecular flexibility index (Phi) is 13.3. The zero-order valence-corrected chi connectivity index (χ0v) is 24.4. The summed E-state index contributed by atoms with van der Waals surface area (Å²) in [6, 6.07) is 24.5. The summed E-state index contributed by atoms with van der Waals surface area (Å²) in [5, 5.41) is 36.2. The van der Waals surface area contributed by atoms with E-state index in [1.54, 1.807) is 30.3 Å². The van der Waals surface area contributed by atoms with Crippen molar-refractivity contribution in [3.05, 3.63) is 108 Å². The molecular formula is C33H41N3O7. The minimum Gasteiger partial charge on any atom is -0.479 e. The molecule has 0 aromatic heterocycles. The summed E-state index contributed by atoms with van der Waals surface area (Å²) in [5.41, 5.74) is 5.30. The van der Waals surface area contributed by atoms with Gasteiger partial charge < -0.3 is 26.0 Å². The van der Waals surface area contributed by atoms with E-state index in [-0.39, 0.29) is 31.8 Å². The highest BCUT2D eigenvalue weighted by molar-refractivity contribution is 5.90. The third-order valence-electron chi connectivity index (χ3n) is 6.86. The van der Waals surface area contributed by atoms with Crippen molar-refractivity contribution in [1.82, 2.24) is 16.1 Å². The zero-order valence-electron chi connectivity index (χ0n) is 24.4. The van der Waals surface area contributed by atoms with Crippen molar-refractivity contribution in [2.45, 2.75) is 70.1 Å². The number of carboxylic acid groups (broad SMARTS) is 1. The Labute approximate surface area is 252 Å². The molecule has 0 aliphatic carbocycles. The molecule has 0 saturated heterocycles. The highest BCUT2D eigenvalue weighted by atomic mass is 16.6. The highest BCUT2D eigenvalue weighted by Crippen LogP contribution is 2.12. The Morgan fingerprint density at radius 3 is 1.65 bits per heavy atom. The van der Waals surface area contributed by atoms with Crippen LogP contribution in [0.2, 0.25) is 0 Å². The molecule has 5 atom stereocenters. The lowest BCUT2D eigenvalue weighted by atomic mass is 9.98. The van der Waals surface area contributed by atoms with E-state index in [9.17, 15) is 29.7 Å². The number of hydrogen-bond donors (Lipinski definition) is 6. The second-order valence-electron chi connectivity index (χ2n) is 10.9. The van der Waals surface area contributed by atoms with E-state index in [0.29, 0.717) is 0 Å². The molecule has 43 heavy (non-hydrogen) atoms. The average molecular weight is 592 g/mol. The van der Waals surface area contributed by atoms with Gasteiger partial charge in [-0.1, -0.05) is 105 Å². The fourth-order valence-corrected chi connectivity index (χ4v) is 4.60. The molecular weight excluding hydrogens is 550 g/mol. The van der Waals surface area contributed by atoms with Gasteiger partial charge in [0.15, 0.2) is 12.2 Å². The van der Waals surface area contributed by atoms with Crippen LogP contribution in [0.3, 0.4) is 0 Å². The first kappa shape index (κ1) is 33.4. The maximum Gasteiger partial charge on any atom is 0.334 e. The summed E-state index contributed by atoms with van der Waals surface area (Å²) in [4.78, 5) is 44.0. The number of hydrogen-bond acceptors (Lipinski definition) is 7. The Hall–Kier alpha value is -4.09. The topological polar surface area (TPSA) is 157 Å². The van der Waals surface area contributed by atoms with Crippen LogP contribution in [0.5, 0.6) is 0 Å². The summed E-state index contributed by atoms with van der Waals surface area (Å²) < 4.78 is 0. The number of benzene rings is 3. The third-order valence-corrected chi connectivity index (χ3v) is 6.86. The van der Waals surface area contributed by atoms with Gasteiger partial charge in [-0.3, -0.25) is 14.4 Å². The third kappa shape index (κ3) is 11.3. The van der Waals surface area contributed by atoms with Crippen LogP contribution >= 0.6 is 0 Å². The molecule has 0 fully saturated rings. The predicted octanol–water partition coefficient (Wildman–Crippen LogP) is 2.38. The van der Waals surface area contributed by atoms with E-state index >= 15 is 0 Å². The van der Waals surface area contributed by atoms with Gasteiger partial charge in [-0.05, 0) is 41.9 Å². The second-order valence-corrected chi connectivity index (χ2v) is 10.9. The Balaban J connectivity index is 1.73. The molecule has 3 aromatic carbocycles. The molecule has 10 heteroatoms. The number of carboxylic acids is 1. The SMILES string of the molecule is CC(C)C[C@H](NC(=O)[C@@H](O)[C@@H](Cc1ccccc1)NOCc1ccccc1)C(=O)N[C@H](Cc1ccccc1)[C@H](O)C(=O)O. The van der Waals surface area contributed by atoms with Gasteiger partial charge in [-0.15, -0.1) is 0 Å². The molecule has 0 unspecified atom stereocenters.